The molecule has 0 saturated heterocycles. The molecular weight excluding hydrogens is 234 g/mol. The molecule has 0 saturated carbocycles. The van der Waals surface area contributed by atoms with Crippen molar-refractivity contribution in [3.8, 4) is 0 Å². The molecule has 82 valence electrons. The smallest absolute Gasteiger partial charge is 0.222 e. The average Bonchev–Trinajstić information content (AvgIpc) is 2.21. The summed E-state index contributed by atoms with van der Waals surface area (Å²) in [5.41, 5.74) is 0. The van der Waals surface area contributed by atoms with Gasteiger partial charge in [-0.25, -0.2) is 0 Å². The van der Waals surface area contributed by atoms with Gasteiger partial charge in [-0.05, 0) is 24.3 Å². The van der Waals surface area contributed by atoms with Crippen molar-refractivity contribution in [3.63, 3.8) is 0 Å². The van der Waals surface area contributed by atoms with E-state index in [2.05, 4.69) is 0 Å². The summed E-state index contributed by atoms with van der Waals surface area (Å²) >= 11 is 7.22. The van der Waals surface area contributed by atoms with Crippen molar-refractivity contribution >= 4 is 23.4 Å². The van der Waals surface area contributed by atoms with Crippen LogP contribution in [0.5, 0.6) is 0 Å². The molecule has 15 heavy (non-hydrogen) atoms. The highest BCUT2D eigenvalue weighted by Crippen LogP contribution is 2.22. The molecule has 0 aliphatic carbocycles. The van der Waals surface area contributed by atoms with Crippen molar-refractivity contribution in [1.29, 1.82) is 0 Å². The average molecular weight is 246 g/mol. The number of nitrogens with zero attached hydrogens (tertiary/aromatic N) is 1. The van der Waals surface area contributed by atoms with E-state index >= 15 is 0 Å². The van der Waals surface area contributed by atoms with Gasteiger partial charge < -0.3 is 0 Å². The summed E-state index contributed by atoms with van der Waals surface area (Å²) in [6.45, 7) is 1.83. The summed E-state index contributed by atoms with van der Waals surface area (Å²) in [4.78, 5) is 11.4. The third kappa shape index (κ3) is 4.10. The van der Waals surface area contributed by atoms with Gasteiger partial charge in [0.15, 0.2) is 0 Å². The molecule has 0 N–H and O–H groups in total. The predicted molar refractivity (Wildman–Crippen MR) is 63.2 cm³/mol. The van der Waals surface area contributed by atoms with Gasteiger partial charge in [-0.1, -0.05) is 18.5 Å². The van der Waals surface area contributed by atoms with Crippen LogP contribution >= 0.6 is 23.4 Å². The van der Waals surface area contributed by atoms with Gasteiger partial charge in [-0.15, -0.1) is 11.8 Å². The van der Waals surface area contributed by atoms with Crippen molar-refractivity contribution in [2.75, 3.05) is 5.75 Å². The minimum atomic E-state index is -0.467. The van der Waals surface area contributed by atoms with Gasteiger partial charge in [-0.3, -0.25) is 10.1 Å². The topological polar surface area (TPSA) is 43.1 Å². The highest BCUT2D eigenvalue weighted by Gasteiger charge is 2.17. The van der Waals surface area contributed by atoms with Crippen LogP contribution in [-0.2, 0) is 0 Å². The Kier molecular flexibility index (Phi) is 4.91. The van der Waals surface area contributed by atoms with E-state index in [0.717, 1.165) is 4.90 Å². The molecule has 0 bridgehead atoms. The molecule has 3 nitrogen and oxygen atoms in total. The summed E-state index contributed by atoms with van der Waals surface area (Å²) in [7, 11) is 0. The predicted octanol–water partition coefficient (Wildman–Crippen LogP) is 3.49. The van der Waals surface area contributed by atoms with Crippen molar-refractivity contribution in [2.24, 2.45) is 0 Å². The zero-order valence-electron chi connectivity index (χ0n) is 8.35. The summed E-state index contributed by atoms with van der Waals surface area (Å²) in [5.74, 6) is 0.505. The van der Waals surface area contributed by atoms with Crippen LogP contribution in [0.25, 0.3) is 0 Å². The van der Waals surface area contributed by atoms with Gasteiger partial charge in [0.1, 0.15) is 0 Å². The molecule has 0 spiro atoms. The van der Waals surface area contributed by atoms with Crippen LogP contribution in [0.4, 0.5) is 0 Å². The van der Waals surface area contributed by atoms with E-state index in [1.807, 2.05) is 19.1 Å². The first-order valence-corrected chi connectivity index (χ1v) is 6.01. The molecular formula is C10H12ClNO2S. The number of rotatable bonds is 5. The Bertz CT molecular complexity index is 329. The maximum atomic E-state index is 10.6. The van der Waals surface area contributed by atoms with Crippen molar-refractivity contribution in [2.45, 2.75) is 24.3 Å². The van der Waals surface area contributed by atoms with Crippen LogP contribution < -0.4 is 0 Å². The largest absolute Gasteiger partial charge is 0.264 e. The lowest BCUT2D eigenvalue weighted by molar-refractivity contribution is -0.516. The van der Waals surface area contributed by atoms with Crippen molar-refractivity contribution in [3.05, 3.63) is 39.4 Å². The molecule has 1 aromatic carbocycles. The van der Waals surface area contributed by atoms with Crippen LogP contribution in [0.2, 0.25) is 5.02 Å². The summed E-state index contributed by atoms with van der Waals surface area (Å²) < 4.78 is 0. The second-order valence-corrected chi connectivity index (χ2v) is 4.64. The van der Waals surface area contributed by atoms with Crippen LogP contribution in [0.15, 0.2) is 29.2 Å². The van der Waals surface area contributed by atoms with Crippen molar-refractivity contribution < 1.29 is 4.92 Å². The summed E-state index contributed by atoms with van der Waals surface area (Å²) in [6, 6.07) is 6.86. The lowest BCUT2D eigenvalue weighted by Gasteiger charge is -2.06. The highest BCUT2D eigenvalue weighted by atomic mass is 35.5. The van der Waals surface area contributed by atoms with E-state index in [9.17, 15) is 10.1 Å². The Hall–Kier alpha value is -0.740. The van der Waals surface area contributed by atoms with Gasteiger partial charge in [-0.2, -0.15) is 0 Å². The maximum Gasteiger partial charge on any atom is 0.222 e. The molecule has 0 heterocycles. The number of hydrogen-bond acceptors (Lipinski definition) is 3. The molecule has 0 radical (unpaired) electrons. The Morgan fingerprint density at radius 1 is 1.47 bits per heavy atom. The SMILES string of the molecule is CCC(CSc1ccc(Cl)cc1)[N+](=O)[O-]. The van der Waals surface area contributed by atoms with E-state index in [1.54, 1.807) is 12.1 Å². The van der Waals surface area contributed by atoms with Crippen LogP contribution in [-0.4, -0.2) is 16.7 Å². The van der Waals surface area contributed by atoms with Crippen LogP contribution in [0, 0.1) is 10.1 Å². The van der Waals surface area contributed by atoms with E-state index in [1.165, 1.54) is 11.8 Å². The van der Waals surface area contributed by atoms with E-state index in [0.29, 0.717) is 17.2 Å². The number of thioether (sulfide) groups is 1. The first-order chi connectivity index (χ1) is 7.13. The highest BCUT2D eigenvalue weighted by molar-refractivity contribution is 7.99. The second kappa shape index (κ2) is 5.98. The van der Waals surface area contributed by atoms with Gasteiger partial charge in [0, 0.05) is 21.3 Å². The van der Waals surface area contributed by atoms with E-state index < -0.39 is 6.04 Å². The Morgan fingerprint density at radius 3 is 2.53 bits per heavy atom. The summed E-state index contributed by atoms with van der Waals surface area (Å²) in [6.07, 6.45) is 0.563. The number of nitro groups is 1. The van der Waals surface area contributed by atoms with Gasteiger partial charge in [0.05, 0.1) is 5.75 Å². The third-order valence-corrected chi connectivity index (χ3v) is 3.43. The van der Waals surface area contributed by atoms with Crippen molar-refractivity contribution in [1.82, 2.24) is 0 Å². The summed E-state index contributed by atoms with van der Waals surface area (Å²) in [5, 5.41) is 11.3. The molecule has 0 aliphatic rings. The third-order valence-electron chi connectivity index (χ3n) is 2.03. The molecule has 0 aromatic heterocycles. The Morgan fingerprint density at radius 2 is 2.07 bits per heavy atom. The zero-order chi connectivity index (χ0) is 11.3. The van der Waals surface area contributed by atoms with E-state index in [-0.39, 0.29) is 4.92 Å². The number of halogens is 1. The number of hydrogen-bond donors (Lipinski definition) is 0. The normalized spacial score (nSPS) is 12.4. The minimum Gasteiger partial charge on any atom is -0.264 e. The van der Waals surface area contributed by atoms with Crippen LogP contribution in [0.1, 0.15) is 13.3 Å². The van der Waals surface area contributed by atoms with Crippen LogP contribution in [0.3, 0.4) is 0 Å². The lowest BCUT2D eigenvalue weighted by Crippen LogP contribution is -2.20. The number of benzene rings is 1. The van der Waals surface area contributed by atoms with Gasteiger partial charge in [0.2, 0.25) is 6.04 Å². The molecule has 1 rings (SSSR count). The molecule has 0 aliphatic heterocycles. The standard InChI is InChI=1S/C10H12ClNO2S/c1-2-9(12(13)14)7-15-10-5-3-8(11)4-6-10/h3-6,9H,2,7H2,1H3. The fourth-order valence-electron chi connectivity index (χ4n) is 1.05. The quantitative estimate of drug-likeness (QED) is 0.453. The Balaban J connectivity index is 2.49. The molecule has 1 aromatic rings. The molecule has 1 unspecified atom stereocenters. The fraction of sp³-hybridized carbons (Fsp3) is 0.400. The second-order valence-electron chi connectivity index (χ2n) is 3.11. The molecule has 1 atom stereocenters. The molecule has 0 amide bonds. The van der Waals surface area contributed by atoms with Gasteiger partial charge in [0.25, 0.3) is 0 Å². The molecule has 5 heteroatoms. The lowest BCUT2D eigenvalue weighted by atomic mass is 10.3. The fourth-order valence-corrected chi connectivity index (χ4v) is 2.25. The van der Waals surface area contributed by atoms with Gasteiger partial charge >= 0.3 is 0 Å². The monoisotopic (exact) mass is 245 g/mol. The minimum absolute atomic E-state index is 0.219. The zero-order valence-corrected chi connectivity index (χ0v) is 9.92. The first kappa shape index (κ1) is 12.3. The van der Waals surface area contributed by atoms with E-state index in [4.69, 9.17) is 11.6 Å². The Labute approximate surface area is 98.0 Å². The maximum absolute atomic E-state index is 10.6. The first-order valence-electron chi connectivity index (χ1n) is 4.65. The molecule has 0 fully saturated rings.